The first-order valence-corrected chi connectivity index (χ1v) is 6.13. The molecule has 0 fully saturated rings. The van der Waals surface area contributed by atoms with E-state index in [2.05, 4.69) is 17.1 Å². The first kappa shape index (κ1) is 11.5. The predicted octanol–water partition coefficient (Wildman–Crippen LogP) is 3.92. The Morgan fingerprint density at radius 1 is 0.947 bits per heavy atom. The minimum absolute atomic E-state index is 0.455. The summed E-state index contributed by atoms with van der Waals surface area (Å²) in [7, 11) is 0. The van der Waals surface area contributed by atoms with Crippen molar-refractivity contribution in [3.8, 4) is 11.6 Å². The van der Waals surface area contributed by atoms with Crippen LogP contribution in [0.4, 0.5) is 5.69 Å². The van der Waals surface area contributed by atoms with Crippen molar-refractivity contribution in [1.29, 1.82) is 0 Å². The molecule has 0 spiro atoms. The average molecular weight is 250 g/mol. The van der Waals surface area contributed by atoms with Crippen molar-refractivity contribution in [2.45, 2.75) is 6.92 Å². The van der Waals surface area contributed by atoms with Gasteiger partial charge in [-0.2, -0.15) is 0 Å². The third kappa shape index (κ3) is 2.22. The number of anilines is 1. The van der Waals surface area contributed by atoms with Crippen LogP contribution in [-0.4, -0.2) is 4.98 Å². The number of nitrogens with two attached hydrogens (primary N) is 1. The van der Waals surface area contributed by atoms with Gasteiger partial charge in [-0.3, -0.25) is 0 Å². The number of aromatic nitrogens is 1. The fraction of sp³-hybridized carbons (Fsp3) is 0.0625. The summed E-state index contributed by atoms with van der Waals surface area (Å²) in [6.07, 6.45) is 0. The van der Waals surface area contributed by atoms with E-state index >= 15 is 0 Å². The summed E-state index contributed by atoms with van der Waals surface area (Å²) in [6.45, 7) is 1.91. The summed E-state index contributed by atoms with van der Waals surface area (Å²) in [5, 5.41) is 2.18. The van der Waals surface area contributed by atoms with Crippen LogP contribution in [-0.2, 0) is 0 Å². The summed E-state index contributed by atoms with van der Waals surface area (Å²) >= 11 is 0. The number of rotatable bonds is 2. The van der Waals surface area contributed by atoms with Gasteiger partial charge in [-0.1, -0.05) is 36.4 Å². The molecule has 0 aliphatic carbocycles. The summed E-state index contributed by atoms with van der Waals surface area (Å²) in [6, 6.07) is 17.7. The minimum atomic E-state index is 0.455. The maximum absolute atomic E-state index is 5.89. The van der Waals surface area contributed by atoms with Gasteiger partial charge in [0.25, 0.3) is 0 Å². The molecule has 2 N–H and O–H groups in total. The Bertz CT molecular complexity index is 732. The van der Waals surface area contributed by atoms with E-state index in [0.29, 0.717) is 11.6 Å². The Hall–Kier alpha value is -2.55. The van der Waals surface area contributed by atoms with E-state index in [1.54, 1.807) is 0 Å². The zero-order chi connectivity index (χ0) is 13.2. The van der Waals surface area contributed by atoms with E-state index in [4.69, 9.17) is 10.5 Å². The van der Waals surface area contributed by atoms with E-state index in [1.807, 2.05) is 49.4 Å². The molecule has 1 aromatic heterocycles. The van der Waals surface area contributed by atoms with Crippen LogP contribution in [0.5, 0.6) is 11.6 Å². The summed E-state index contributed by atoms with van der Waals surface area (Å²) in [5.74, 6) is 1.22. The fourth-order valence-corrected chi connectivity index (χ4v) is 2.01. The van der Waals surface area contributed by atoms with E-state index < -0.39 is 0 Å². The molecule has 3 nitrogen and oxygen atoms in total. The normalized spacial score (nSPS) is 10.6. The second-order valence-corrected chi connectivity index (χ2v) is 4.43. The van der Waals surface area contributed by atoms with Crippen molar-refractivity contribution in [2.75, 3.05) is 5.73 Å². The van der Waals surface area contributed by atoms with Crippen LogP contribution >= 0.6 is 0 Å². The molecule has 0 aliphatic heterocycles. The zero-order valence-electron chi connectivity index (χ0n) is 10.6. The molecule has 0 saturated carbocycles. The van der Waals surface area contributed by atoms with Gasteiger partial charge in [0.2, 0.25) is 5.88 Å². The molecule has 3 aromatic rings. The number of ether oxygens (including phenoxy) is 1. The number of pyridine rings is 1. The molecule has 1 heterocycles. The average Bonchev–Trinajstić information content (AvgIpc) is 2.43. The maximum atomic E-state index is 5.89. The molecular weight excluding hydrogens is 236 g/mol. The molecule has 0 amide bonds. The molecular formula is C16H14N2O. The number of hydrogen-bond donors (Lipinski definition) is 1. The van der Waals surface area contributed by atoms with Gasteiger partial charge in [-0.25, -0.2) is 4.98 Å². The molecule has 0 saturated heterocycles. The molecule has 0 aliphatic rings. The largest absolute Gasteiger partial charge is 0.436 e. The lowest BCUT2D eigenvalue weighted by Gasteiger charge is -2.10. The molecule has 0 atom stereocenters. The van der Waals surface area contributed by atoms with Crippen molar-refractivity contribution in [3.05, 3.63) is 60.3 Å². The van der Waals surface area contributed by atoms with Gasteiger partial charge < -0.3 is 10.5 Å². The van der Waals surface area contributed by atoms with Gasteiger partial charge in [0.1, 0.15) is 5.75 Å². The van der Waals surface area contributed by atoms with Crippen LogP contribution in [0, 0.1) is 6.92 Å². The quantitative estimate of drug-likeness (QED) is 0.750. The number of nitrogens with zero attached hydrogens (tertiary/aromatic N) is 1. The highest BCUT2D eigenvalue weighted by molar-refractivity contribution is 5.88. The van der Waals surface area contributed by atoms with Crippen molar-refractivity contribution < 1.29 is 4.74 Å². The van der Waals surface area contributed by atoms with Crippen LogP contribution < -0.4 is 10.5 Å². The van der Waals surface area contributed by atoms with Crippen LogP contribution in [0.3, 0.4) is 0 Å². The zero-order valence-corrected chi connectivity index (χ0v) is 10.6. The number of fused-ring (bicyclic) bond motifs is 1. The second kappa shape index (κ2) is 4.61. The Kier molecular flexibility index (Phi) is 2.80. The van der Waals surface area contributed by atoms with E-state index in [0.717, 1.165) is 22.2 Å². The van der Waals surface area contributed by atoms with E-state index in [9.17, 15) is 0 Å². The van der Waals surface area contributed by atoms with Crippen LogP contribution in [0.2, 0.25) is 0 Å². The van der Waals surface area contributed by atoms with Gasteiger partial charge in [0, 0.05) is 11.1 Å². The van der Waals surface area contributed by atoms with Gasteiger partial charge in [0.15, 0.2) is 0 Å². The molecule has 0 radical (unpaired) electrons. The van der Waals surface area contributed by atoms with Gasteiger partial charge in [-0.15, -0.1) is 0 Å². The van der Waals surface area contributed by atoms with Crippen LogP contribution in [0.25, 0.3) is 10.8 Å². The van der Waals surface area contributed by atoms with Crippen LogP contribution in [0.1, 0.15) is 5.69 Å². The Balaban J connectivity index is 2.08. The SMILES string of the molecule is Cc1ccc(N)c(Oc2cccc3ccccc23)n1. The first-order valence-electron chi connectivity index (χ1n) is 6.13. The molecule has 94 valence electrons. The Morgan fingerprint density at radius 2 is 1.74 bits per heavy atom. The number of nitrogen functional groups attached to an aromatic ring is 1. The van der Waals surface area contributed by atoms with Crippen molar-refractivity contribution in [1.82, 2.24) is 4.98 Å². The molecule has 0 bridgehead atoms. The number of hydrogen-bond acceptors (Lipinski definition) is 3. The minimum Gasteiger partial charge on any atom is -0.436 e. The number of benzene rings is 2. The molecule has 2 aromatic carbocycles. The van der Waals surface area contributed by atoms with Crippen molar-refractivity contribution in [2.24, 2.45) is 0 Å². The third-order valence-electron chi connectivity index (χ3n) is 2.99. The third-order valence-corrected chi connectivity index (χ3v) is 2.99. The smallest absolute Gasteiger partial charge is 0.242 e. The Labute approximate surface area is 111 Å². The highest BCUT2D eigenvalue weighted by Crippen LogP contribution is 2.31. The predicted molar refractivity (Wildman–Crippen MR) is 77.4 cm³/mol. The molecule has 3 heteroatoms. The fourth-order valence-electron chi connectivity index (χ4n) is 2.01. The molecule has 0 unspecified atom stereocenters. The molecule has 3 rings (SSSR count). The van der Waals surface area contributed by atoms with Gasteiger partial charge >= 0.3 is 0 Å². The lowest BCUT2D eigenvalue weighted by Crippen LogP contribution is -1.96. The van der Waals surface area contributed by atoms with Crippen molar-refractivity contribution >= 4 is 16.5 Å². The monoisotopic (exact) mass is 250 g/mol. The van der Waals surface area contributed by atoms with Crippen molar-refractivity contribution in [3.63, 3.8) is 0 Å². The van der Waals surface area contributed by atoms with E-state index in [-0.39, 0.29) is 0 Å². The second-order valence-electron chi connectivity index (χ2n) is 4.43. The summed E-state index contributed by atoms with van der Waals surface area (Å²) in [5.41, 5.74) is 7.31. The summed E-state index contributed by atoms with van der Waals surface area (Å²) < 4.78 is 5.87. The lowest BCUT2D eigenvalue weighted by atomic mass is 10.1. The van der Waals surface area contributed by atoms with Crippen LogP contribution in [0.15, 0.2) is 54.6 Å². The standard InChI is InChI=1S/C16H14N2O/c1-11-9-10-14(17)16(18-11)19-15-8-4-6-12-5-2-3-7-13(12)15/h2-10H,17H2,1H3. The van der Waals surface area contributed by atoms with Gasteiger partial charge in [-0.05, 0) is 30.5 Å². The summed E-state index contributed by atoms with van der Waals surface area (Å²) in [4.78, 5) is 4.33. The van der Waals surface area contributed by atoms with Gasteiger partial charge in [0.05, 0.1) is 5.69 Å². The highest BCUT2D eigenvalue weighted by atomic mass is 16.5. The Morgan fingerprint density at radius 3 is 2.63 bits per heavy atom. The topological polar surface area (TPSA) is 48.1 Å². The van der Waals surface area contributed by atoms with E-state index in [1.165, 1.54) is 0 Å². The highest BCUT2D eigenvalue weighted by Gasteiger charge is 2.07. The first-order chi connectivity index (χ1) is 9.24. The maximum Gasteiger partial charge on any atom is 0.242 e. The number of aryl methyl sites for hydroxylation is 1. The lowest BCUT2D eigenvalue weighted by molar-refractivity contribution is 0.469. The molecule has 19 heavy (non-hydrogen) atoms.